The number of carboxylic acids is 1. The highest BCUT2D eigenvalue weighted by molar-refractivity contribution is 5.88. The van der Waals surface area contributed by atoms with Crippen LogP contribution in [0.5, 0.6) is 5.75 Å². The number of rotatable bonds is 4. The quantitative estimate of drug-likeness (QED) is 0.770. The largest absolute Gasteiger partial charge is 0.489 e. The van der Waals surface area contributed by atoms with Gasteiger partial charge in [0, 0.05) is 0 Å². The van der Waals surface area contributed by atoms with E-state index in [1.54, 1.807) is 18.2 Å². The van der Waals surface area contributed by atoms with Crippen LogP contribution in [0.4, 0.5) is 0 Å². The zero-order chi connectivity index (χ0) is 11.3. The van der Waals surface area contributed by atoms with Crippen LogP contribution in [0.2, 0.25) is 0 Å². The first-order valence-corrected chi connectivity index (χ1v) is 4.73. The SMILES string of the molecule is CC=CCOc1ccc(C(=O)O)cc1C. The van der Waals surface area contributed by atoms with Gasteiger partial charge in [0.15, 0.2) is 0 Å². The lowest BCUT2D eigenvalue weighted by molar-refractivity contribution is 0.0696. The van der Waals surface area contributed by atoms with Crippen molar-refractivity contribution in [3.8, 4) is 5.75 Å². The van der Waals surface area contributed by atoms with Crippen molar-refractivity contribution in [1.82, 2.24) is 0 Å². The average molecular weight is 206 g/mol. The molecule has 0 aliphatic rings. The van der Waals surface area contributed by atoms with E-state index in [1.807, 2.05) is 26.0 Å². The highest BCUT2D eigenvalue weighted by Crippen LogP contribution is 2.19. The van der Waals surface area contributed by atoms with E-state index in [-0.39, 0.29) is 5.56 Å². The van der Waals surface area contributed by atoms with Gasteiger partial charge in [-0.15, -0.1) is 0 Å². The minimum Gasteiger partial charge on any atom is -0.489 e. The van der Waals surface area contributed by atoms with Crippen LogP contribution in [-0.2, 0) is 0 Å². The van der Waals surface area contributed by atoms with Gasteiger partial charge in [0.2, 0.25) is 0 Å². The van der Waals surface area contributed by atoms with Gasteiger partial charge < -0.3 is 9.84 Å². The highest BCUT2D eigenvalue weighted by atomic mass is 16.5. The van der Waals surface area contributed by atoms with Gasteiger partial charge in [-0.25, -0.2) is 4.79 Å². The third-order valence-electron chi connectivity index (χ3n) is 1.99. The summed E-state index contributed by atoms with van der Waals surface area (Å²) >= 11 is 0. The van der Waals surface area contributed by atoms with E-state index in [1.165, 1.54) is 0 Å². The maximum Gasteiger partial charge on any atom is 0.335 e. The van der Waals surface area contributed by atoms with Crippen molar-refractivity contribution < 1.29 is 14.6 Å². The maximum absolute atomic E-state index is 10.7. The third-order valence-corrected chi connectivity index (χ3v) is 1.99. The van der Waals surface area contributed by atoms with Crippen molar-refractivity contribution in [3.63, 3.8) is 0 Å². The second kappa shape index (κ2) is 5.20. The smallest absolute Gasteiger partial charge is 0.335 e. The molecule has 0 radical (unpaired) electrons. The van der Waals surface area contributed by atoms with E-state index in [0.29, 0.717) is 6.61 Å². The highest BCUT2D eigenvalue weighted by Gasteiger charge is 2.05. The molecule has 0 saturated carbocycles. The van der Waals surface area contributed by atoms with Crippen LogP contribution >= 0.6 is 0 Å². The monoisotopic (exact) mass is 206 g/mol. The van der Waals surface area contributed by atoms with Crippen LogP contribution in [0.25, 0.3) is 0 Å². The molecule has 0 aromatic heterocycles. The van der Waals surface area contributed by atoms with Gasteiger partial charge >= 0.3 is 5.97 Å². The van der Waals surface area contributed by atoms with Crippen molar-refractivity contribution in [2.75, 3.05) is 6.61 Å². The topological polar surface area (TPSA) is 46.5 Å². The first-order valence-electron chi connectivity index (χ1n) is 4.73. The Morgan fingerprint density at radius 1 is 1.53 bits per heavy atom. The van der Waals surface area contributed by atoms with Crippen molar-refractivity contribution in [2.45, 2.75) is 13.8 Å². The molecule has 0 atom stereocenters. The van der Waals surface area contributed by atoms with Crippen LogP contribution in [0.15, 0.2) is 30.4 Å². The molecule has 0 fully saturated rings. The van der Waals surface area contributed by atoms with Crippen molar-refractivity contribution in [1.29, 1.82) is 0 Å². The molecule has 1 aromatic carbocycles. The number of benzene rings is 1. The van der Waals surface area contributed by atoms with E-state index >= 15 is 0 Å². The zero-order valence-corrected chi connectivity index (χ0v) is 8.86. The fourth-order valence-corrected chi connectivity index (χ4v) is 1.18. The van der Waals surface area contributed by atoms with E-state index in [4.69, 9.17) is 9.84 Å². The fourth-order valence-electron chi connectivity index (χ4n) is 1.18. The van der Waals surface area contributed by atoms with E-state index < -0.39 is 5.97 Å². The lowest BCUT2D eigenvalue weighted by atomic mass is 10.1. The maximum atomic E-state index is 10.7. The standard InChI is InChI=1S/C12H14O3/c1-3-4-7-15-11-6-5-10(12(13)14)8-9(11)2/h3-6,8H,7H2,1-2H3,(H,13,14). The molecule has 3 heteroatoms. The van der Waals surface area contributed by atoms with Crippen molar-refractivity contribution in [2.24, 2.45) is 0 Å². The Hall–Kier alpha value is -1.77. The second-order valence-electron chi connectivity index (χ2n) is 3.17. The first kappa shape index (κ1) is 11.3. The van der Waals surface area contributed by atoms with Crippen LogP contribution in [0, 0.1) is 6.92 Å². The lowest BCUT2D eigenvalue weighted by Gasteiger charge is -2.07. The van der Waals surface area contributed by atoms with Gasteiger partial charge in [0.25, 0.3) is 0 Å². The molecule has 3 nitrogen and oxygen atoms in total. The van der Waals surface area contributed by atoms with Crippen LogP contribution < -0.4 is 4.74 Å². The molecule has 1 rings (SSSR count). The van der Waals surface area contributed by atoms with E-state index in [2.05, 4.69) is 0 Å². The van der Waals surface area contributed by atoms with E-state index in [0.717, 1.165) is 11.3 Å². The molecule has 0 heterocycles. The summed E-state index contributed by atoms with van der Waals surface area (Å²) in [4.78, 5) is 10.7. The number of carboxylic acid groups (broad SMARTS) is 1. The molecule has 0 amide bonds. The van der Waals surface area contributed by atoms with Crippen LogP contribution in [-0.4, -0.2) is 17.7 Å². The predicted molar refractivity (Wildman–Crippen MR) is 58.4 cm³/mol. The summed E-state index contributed by atoms with van der Waals surface area (Å²) < 4.78 is 5.43. The molecule has 1 aromatic rings. The number of allylic oxidation sites excluding steroid dienone is 1. The number of ether oxygens (including phenoxy) is 1. The average Bonchev–Trinajstić information content (AvgIpc) is 2.20. The molecule has 0 aliphatic heterocycles. The third kappa shape index (κ3) is 3.13. The number of carbonyl (C=O) groups is 1. The van der Waals surface area contributed by atoms with Gasteiger partial charge in [-0.3, -0.25) is 0 Å². The molecule has 0 bridgehead atoms. The number of hydrogen-bond acceptors (Lipinski definition) is 2. The Morgan fingerprint density at radius 3 is 2.80 bits per heavy atom. The predicted octanol–water partition coefficient (Wildman–Crippen LogP) is 2.65. The molecular formula is C12H14O3. The number of aromatic carboxylic acids is 1. The Kier molecular flexibility index (Phi) is 3.92. The Morgan fingerprint density at radius 2 is 2.27 bits per heavy atom. The van der Waals surface area contributed by atoms with Crippen LogP contribution in [0.1, 0.15) is 22.8 Å². The summed E-state index contributed by atoms with van der Waals surface area (Å²) in [6.45, 7) is 4.25. The molecule has 0 unspecified atom stereocenters. The normalized spacial score (nSPS) is 10.5. The van der Waals surface area contributed by atoms with E-state index in [9.17, 15) is 4.79 Å². The van der Waals surface area contributed by atoms with Gasteiger partial charge in [0.05, 0.1) is 5.56 Å². The molecule has 0 spiro atoms. The summed E-state index contributed by atoms with van der Waals surface area (Å²) in [6.07, 6.45) is 3.80. The fraction of sp³-hybridized carbons (Fsp3) is 0.250. The second-order valence-corrected chi connectivity index (χ2v) is 3.17. The molecule has 15 heavy (non-hydrogen) atoms. The number of hydrogen-bond donors (Lipinski definition) is 1. The summed E-state index contributed by atoms with van der Waals surface area (Å²) in [5.41, 5.74) is 1.12. The van der Waals surface area contributed by atoms with Gasteiger partial charge in [0.1, 0.15) is 12.4 Å². The molecular weight excluding hydrogens is 192 g/mol. The summed E-state index contributed by atoms with van der Waals surface area (Å²) in [5, 5.41) is 8.76. The Labute approximate surface area is 89.0 Å². The molecule has 0 saturated heterocycles. The van der Waals surface area contributed by atoms with Gasteiger partial charge in [-0.1, -0.05) is 12.2 Å². The minimum absolute atomic E-state index is 0.283. The Bertz CT molecular complexity index is 380. The summed E-state index contributed by atoms with van der Waals surface area (Å²) in [7, 11) is 0. The summed E-state index contributed by atoms with van der Waals surface area (Å²) in [6, 6.07) is 4.83. The van der Waals surface area contributed by atoms with Crippen molar-refractivity contribution in [3.05, 3.63) is 41.5 Å². The zero-order valence-electron chi connectivity index (χ0n) is 8.86. The minimum atomic E-state index is -0.918. The van der Waals surface area contributed by atoms with Crippen LogP contribution in [0.3, 0.4) is 0 Å². The van der Waals surface area contributed by atoms with Crippen molar-refractivity contribution >= 4 is 5.97 Å². The van der Waals surface area contributed by atoms with Gasteiger partial charge in [-0.05, 0) is 37.6 Å². The summed E-state index contributed by atoms with van der Waals surface area (Å²) in [5.74, 6) is -0.198. The first-order chi connectivity index (χ1) is 7.15. The molecule has 80 valence electrons. The molecule has 0 aliphatic carbocycles. The lowest BCUT2D eigenvalue weighted by Crippen LogP contribution is -1.99. The Balaban J connectivity index is 2.79. The number of aryl methyl sites for hydroxylation is 1. The van der Waals surface area contributed by atoms with Gasteiger partial charge in [-0.2, -0.15) is 0 Å². The molecule has 1 N–H and O–H groups in total.